The molecule has 2 N–H and O–H groups in total. The normalized spacial score (nSPS) is 15.0. The summed E-state index contributed by atoms with van der Waals surface area (Å²) >= 11 is 5.46. The molecular formula is C21H27N3O3S2. The Labute approximate surface area is 178 Å². The fourth-order valence-electron chi connectivity index (χ4n) is 3.34. The van der Waals surface area contributed by atoms with E-state index in [0.29, 0.717) is 29.6 Å². The van der Waals surface area contributed by atoms with Crippen molar-refractivity contribution < 1.29 is 13.2 Å². The quantitative estimate of drug-likeness (QED) is 0.686. The molecule has 0 unspecified atom stereocenters. The first-order valence-corrected chi connectivity index (χ1v) is 11.5. The molecule has 156 valence electrons. The van der Waals surface area contributed by atoms with E-state index in [9.17, 15) is 8.42 Å². The molecule has 1 heterocycles. The molecule has 1 aliphatic heterocycles. The smallest absolute Gasteiger partial charge is 0.245 e. The molecule has 2 aromatic carbocycles. The highest BCUT2D eigenvalue weighted by molar-refractivity contribution is 7.89. The zero-order valence-electron chi connectivity index (χ0n) is 17.0. The zero-order valence-corrected chi connectivity index (χ0v) is 18.6. The van der Waals surface area contributed by atoms with E-state index in [-0.39, 0.29) is 4.90 Å². The van der Waals surface area contributed by atoms with Crippen molar-refractivity contribution in [3.63, 3.8) is 0 Å². The minimum absolute atomic E-state index is 0.170. The topological polar surface area (TPSA) is 70.7 Å². The fourth-order valence-corrected chi connectivity index (χ4v) is 5.24. The predicted octanol–water partition coefficient (Wildman–Crippen LogP) is 4.30. The van der Waals surface area contributed by atoms with Crippen molar-refractivity contribution in [2.75, 3.05) is 30.8 Å². The molecule has 6 nitrogen and oxygen atoms in total. The Morgan fingerprint density at radius 2 is 1.69 bits per heavy atom. The Kier molecular flexibility index (Phi) is 6.77. The van der Waals surface area contributed by atoms with Gasteiger partial charge >= 0.3 is 0 Å². The number of piperidine rings is 1. The Bertz CT molecular complexity index is 1000. The third-order valence-corrected chi connectivity index (χ3v) is 7.15. The number of hydrogen-bond acceptors (Lipinski definition) is 4. The first-order valence-electron chi connectivity index (χ1n) is 9.65. The molecule has 0 aromatic heterocycles. The molecule has 0 saturated carbocycles. The second kappa shape index (κ2) is 9.11. The van der Waals surface area contributed by atoms with Crippen LogP contribution in [0.15, 0.2) is 41.3 Å². The van der Waals surface area contributed by atoms with Gasteiger partial charge < -0.3 is 15.4 Å². The maximum atomic E-state index is 13.3. The van der Waals surface area contributed by atoms with Crippen molar-refractivity contribution in [3.05, 3.63) is 47.5 Å². The average Bonchev–Trinajstić information content (AvgIpc) is 2.71. The van der Waals surface area contributed by atoms with Crippen LogP contribution in [0.25, 0.3) is 0 Å². The lowest BCUT2D eigenvalue weighted by molar-refractivity contribution is 0.346. The SMILES string of the molecule is COc1ccc(NC(=S)Nc2cc(C)ccc2C)c(S(=O)(=O)N2CCCCC2)c1. The van der Waals surface area contributed by atoms with Gasteiger partial charge in [-0.3, -0.25) is 0 Å². The summed E-state index contributed by atoms with van der Waals surface area (Å²) in [5.74, 6) is 0.486. The maximum Gasteiger partial charge on any atom is 0.245 e. The van der Waals surface area contributed by atoms with E-state index in [4.69, 9.17) is 17.0 Å². The van der Waals surface area contributed by atoms with Crippen molar-refractivity contribution in [2.45, 2.75) is 38.0 Å². The molecular weight excluding hydrogens is 406 g/mol. The van der Waals surface area contributed by atoms with Crippen LogP contribution in [0, 0.1) is 13.8 Å². The second-order valence-electron chi connectivity index (χ2n) is 7.22. The van der Waals surface area contributed by atoms with Gasteiger partial charge in [0.2, 0.25) is 10.0 Å². The summed E-state index contributed by atoms with van der Waals surface area (Å²) in [7, 11) is -2.13. The van der Waals surface area contributed by atoms with Crippen LogP contribution < -0.4 is 15.4 Å². The molecule has 0 aliphatic carbocycles. The molecule has 0 spiro atoms. The maximum absolute atomic E-state index is 13.3. The van der Waals surface area contributed by atoms with Gasteiger partial charge in [-0.2, -0.15) is 4.31 Å². The van der Waals surface area contributed by atoms with Gasteiger partial charge in [0.15, 0.2) is 5.11 Å². The summed E-state index contributed by atoms with van der Waals surface area (Å²) in [6.45, 7) is 5.06. The zero-order chi connectivity index (χ0) is 21.0. The highest BCUT2D eigenvalue weighted by atomic mass is 32.2. The molecule has 1 saturated heterocycles. The second-order valence-corrected chi connectivity index (χ2v) is 9.54. The highest BCUT2D eigenvalue weighted by Gasteiger charge is 2.29. The van der Waals surface area contributed by atoms with Crippen LogP contribution in [0.4, 0.5) is 11.4 Å². The van der Waals surface area contributed by atoms with Crippen LogP contribution in [0.2, 0.25) is 0 Å². The third-order valence-electron chi connectivity index (χ3n) is 5.01. The number of sulfonamides is 1. The van der Waals surface area contributed by atoms with Crippen LogP contribution in [0.3, 0.4) is 0 Å². The summed E-state index contributed by atoms with van der Waals surface area (Å²) in [6, 6.07) is 11.0. The predicted molar refractivity (Wildman–Crippen MR) is 121 cm³/mol. The molecule has 2 aromatic rings. The Hall–Kier alpha value is -2.16. The average molecular weight is 434 g/mol. The van der Waals surface area contributed by atoms with Gasteiger partial charge in [-0.1, -0.05) is 18.6 Å². The highest BCUT2D eigenvalue weighted by Crippen LogP contribution is 2.31. The number of hydrogen-bond donors (Lipinski definition) is 2. The molecule has 3 rings (SSSR count). The number of anilines is 2. The van der Waals surface area contributed by atoms with Gasteiger partial charge in [0.05, 0.1) is 12.8 Å². The van der Waals surface area contributed by atoms with Gasteiger partial charge in [-0.25, -0.2) is 8.42 Å². The summed E-state index contributed by atoms with van der Waals surface area (Å²) in [5, 5.41) is 6.56. The number of methoxy groups -OCH3 is 1. The summed E-state index contributed by atoms with van der Waals surface area (Å²) in [5.41, 5.74) is 3.48. The number of ether oxygens (including phenoxy) is 1. The monoisotopic (exact) mass is 433 g/mol. The first-order chi connectivity index (χ1) is 13.8. The Balaban J connectivity index is 1.89. The summed E-state index contributed by atoms with van der Waals surface area (Å²) < 4.78 is 33.4. The number of nitrogens with one attached hydrogen (secondary N) is 2. The minimum atomic E-state index is -3.66. The molecule has 1 aliphatic rings. The van der Waals surface area contributed by atoms with Crippen LogP contribution in [0.5, 0.6) is 5.75 Å². The van der Waals surface area contributed by atoms with Gasteiger partial charge in [0.25, 0.3) is 0 Å². The molecule has 8 heteroatoms. The van der Waals surface area contributed by atoms with Crippen molar-refractivity contribution in [1.29, 1.82) is 0 Å². The van der Waals surface area contributed by atoms with Gasteiger partial charge in [-0.05, 0) is 68.2 Å². The number of rotatable bonds is 5. The van der Waals surface area contributed by atoms with Crippen LogP contribution in [-0.4, -0.2) is 38.0 Å². The Morgan fingerprint density at radius 3 is 2.38 bits per heavy atom. The lowest BCUT2D eigenvalue weighted by atomic mass is 10.1. The van der Waals surface area contributed by atoms with Gasteiger partial charge in [0.1, 0.15) is 10.6 Å². The molecule has 0 bridgehead atoms. The molecule has 29 heavy (non-hydrogen) atoms. The summed E-state index contributed by atoms with van der Waals surface area (Å²) in [4.78, 5) is 0.170. The number of aryl methyl sites for hydroxylation is 2. The summed E-state index contributed by atoms with van der Waals surface area (Å²) in [6.07, 6.45) is 2.80. The number of benzene rings is 2. The van der Waals surface area contributed by atoms with E-state index in [0.717, 1.165) is 36.1 Å². The lowest BCUT2D eigenvalue weighted by Crippen LogP contribution is -2.36. The minimum Gasteiger partial charge on any atom is -0.497 e. The van der Waals surface area contributed by atoms with Gasteiger partial charge in [-0.15, -0.1) is 0 Å². The van der Waals surface area contributed by atoms with Crippen molar-refractivity contribution in [1.82, 2.24) is 4.31 Å². The Morgan fingerprint density at radius 1 is 1.00 bits per heavy atom. The lowest BCUT2D eigenvalue weighted by Gasteiger charge is -2.27. The molecule has 0 radical (unpaired) electrons. The molecule has 1 fully saturated rings. The fraction of sp³-hybridized carbons (Fsp3) is 0.381. The van der Waals surface area contributed by atoms with Crippen LogP contribution in [0.1, 0.15) is 30.4 Å². The first kappa shape index (κ1) is 21.5. The van der Waals surface area contributed by atoms with E-state index >= 15 is 0 Å². The van der Waals surface area contributed by atoms with Gasteiger partial charge in [0, 0.05) is 24.8 Å². The van der Waals surface area contributed by atoms with E-state index in [1.807, 2.05) is 32.0 Å². The van der Waals surface area contributed by atoms with Crippen LogP contribution >= 0.6 is 12.2 Å². The van der Waals surface area contributed by atoms with E-state index in [1.54, 1.807) is 18.2 Å². The van der Waals surface area contributed by atoms with Crippen LogP contribution in [-0.2, 0) is 10.0 Å². The standard InChI is InChI=1S/C21H27N3O3S2/c1-15-7-8-16(2)19(13-15)23-21(28)22-18-10-9-17(27-3)14-20(18)29(25,26)24-11-5-4-6-12-24/h7-10,13-14H,4-6,11-12H2,1-3H3,(H2,22,23,28). The van der Waals surface area contributed by atoms with Crippen molar-refractivity contribution in [3.8, 4) is 5.75 Å². The van der Waals surface area contributed by atoms with E-state index in [1.165, 1.54) is 11.4 Å². The van der Waals surface area contributed by atoms with Crippen molar-refractivity contribution >= 4 is 38.7 Å². The van der Waals surface area contributed by atoms with Crippen molar-refractivity contribution in [2.24, 2.45) is 0 Å². The van der Waals surface area contributed by atoms with E-state index < -0.39 is 10.0 Å². The van der Waals surface area contributed by atoms with E-state index in [2.05, 4.69) is 10.6 Å². The third kappa shape index (κ3) is 5.07. The number of thiocarbonyl (C=S) groups is 1. The molecule has 0 amide bonds. The largest absolute Gasteiger partial charge is 0.497 e. The molecule has 0 atom stereocenters. The number of nitrogens with zero attached hydrogens (tertiary/aromatic N) is 1.